The van der Waals surface area contributed by atoms with Crippen molar-refractivity contribution >= 4 is 45.3 Å². The first-order valence-corrected chi connectivity index (χ1v) is 8.84. The van der Waals surface area contributed by atoms with Crippen LogP contribution in [0.2, 0.25) is 0 Å². The van der Waals surface area contributed by atoms with Crippen molar-refractivity contribution in [3.63, 3.8) is 0 Å². The fourth-order valence-electron chi connectivity index (χ4n) is 1.95. The molecule has 4 nitrogen and oxygen atoms in total. The van der Waals surface area contributed by atoms with Crippen molar-refractivity contribution in [2.45, 2.75) is 5.75 Å². The van der Waals surface area contributed by atoms with E-state index >= 15 is 0 Å². The molecule has 120 valence electrons. The van der Waals surface area contributed by atoms with Gasteiger partial charge in [-0.3, -0.25) is 4.79 Å². The molecule has 0 aromatic heterocycles. The maximum Gasteiger partial charge on any atom is 0.339 e. The molecule has 0 saturated carbocycles. The van der Waals surface area contributed by atoms with Crippen molar-refractivity contribution in [2.75, 3.05) is 18.2 Å². The fraction of sp³-hybridized carbons (Fsp3) is 0.176. The van der Waals surface area contributed by atoms with Crippen molar-refractivity contribution in [1.29, 1.82) is 0 Å². The third-order valence-corrected chi connectivity index (χ3v) is 4.49. The van der Waals surface area contributed by atoms with E-state index in [1.165, 1.54) is 18.9 Å². The van der Waals surface area contributed by atoms with Crippen LogP contribution in [0.5, 0.6) is 0 Å². The van der Waals surface area contributed by atoms with Crippen LogP contribution in [0.15, 0.2) is 53.0 Å². The van der Waals surface area contributed by atoms with Gasteiger partial charge in [-0.15, -0.1) is 11.8 Å². The molecule has 0 unspecified atom stereocenters. The molecule has 0 spiro atoms. The van der Waals surface area contributed by atoms with Gasteiger partial charge in [0.15, 0.2) is 0 Å². The van der Waals surface area contributed by atoms with Gasteiger partial charge in [-0.05, 0) is 29.8 Å². The molecule has 0 saturated heterocycles. The zero-order valence-corrected chi connectivity index (χ0v) is 14.9. The molecule has 0 atom stereocenters. The Bertz CT molecular complexity index is 706. The lowest BCUT2D eigenvalue weighted by Gasteiger charge is -2.09. The first-order chi connectivity index (χ1) is 11.1. The molecule has 6 heteroatoms. The number of ether oxygens (including phenoxy) is 1. The predicted molar refractivity (Wildman–Crippen MR) is 96.7 cm³/mol. The van der Waals surface area contributed by atoms with Crippen molar-refractivity contribution in [1.82, 2.24) is 0 Å². The molecule has 0 aliphatic rings. The van der Waals surface area contributed by atoms with Crippen molar-refractivity contribution in [3.8, 4) is 0 Å². The Balaban J connectivity index is 1.89. The first-order valence-electron chi connectivity index (χ1n) is 6.89. The van der Waals surface area contributed by atoms with Crippen LogP contribution < -0.4 is 5.32 Å². The van der Waals surface area contributed by atoms with E-state index in [9.17, 15) is 9.59 Å². The van der Waals surface area contributed by atoms with Gasteiger partial charge in [0, 0.05) is 10.2 Å². The normalized spacial score (nSPS) is 10.2. The number of esters is 1. The van der Waals surface area contributed by atoms with Crippen LogP contribution in [0.4, 0.5) is 5.69 Å². The number of benzene rings is 2. The van der Waals surface area contributed by atoms with Crippen LogP contribution in [0.3, 0.4) is 0 Å². The minimum Gasteiger partial charge on any atom is -0.465 e. The van der Waals surface area contributed by atoms with E-state index in [-0.39, 0.29) is 5.91 Å². The van der Waals surface area contributed by atoms with Crippen molar-refractivity contribution < 1.29 is 14.3 Å². The summed E-state index contributed by atoms with van der Waals surface area (Å²) in [6.45, 7) is 0. The standard InChI is InChI=1S/C17H16BrNO3S/c1-22-17(21)14-7-2-3-8-15(14)19-16(20)11-23-10-12-5-4-6-13(18)9-12/h2-9H,10-11H2,1H3,(H,19,20). The Kier molecular flexibility index (Phi) is 6.67. The van der Waals surface area contributed by atoms with Gasteiger partial charge in [0.25, 0.3) is 0 Å². The lowest BCUT2D eigenvalue weighted by atomic mass is 10.2. The number of nitrogens with one attached hydrogen (secondary N) is 1. The second-order valence-electron chi connectivity index (χ2n) is 4.71. The number of halogens is 1. The number of anilines is 1. The van der Waals surface area contributed by atoms with Gasteiger partial charge in [-0.2, -0.15) is 0 Å². The minimum atomic E-state index is -0.470. The zero-order chi connectivity index (χ0) is 16.7. The SMILES string of the molecule is COC(=O)c1ccccc1NC(=O)CSCc1cccc(Br)c1. The van der Waals surface area contributed by atoms with E-state index in [1.807, 2.05) is 24.3 Å². The number of carbonyl (C=O) groups is 2. The molecule has 0 aliphatic carbocycles. The highest BCUT2D eigenvalue weighted by Gasteiger charge is 2.13. The molecule has 1 N–H and O–H groups in total. The topological polar surface area (TPSA) is 55.4 Å². The summed E-state index contributed by atoms with van der Waals surface area (Å²) in [5, 5.41) is 2.75. The molecule has 0 aliphatic heterocycles. The van der Waals surface area contributed by atoms with Crippen LogP contribution in [0.1, 0.15) is 15.9 Å². The molecule has 0 radical (unpaired) electrons. The molecule has 1 amide bonds. The Morgan fingerprint density at radius 3 is 2.70 bits per heavy atom. The highest BCUT2D eigenvalue weighted by atomic mass is 79.9. The zero-order valence-electron chi connectivity index (χ0n) is 12.5. The molecular weight excluding hydrogens is 378 g/mol. The monoisotopic (exact) mass is 393 g/mol. The molecule has 0 fully saturated rings. The lowest BCUT2D eigenvalue weighted by Crippen LogP contribution is -2.17. The number of methoxy groups -OCH3 is 1. The van der Waals surface area contributed by atoms with Crippen LogP contribution in [0.25, 0.3) is 0 Å². The number of hydrogen-bond donors (Lipinski definition) is 1. The molecular formula is C17H16BrNO3S. The van der Waals surface area contributed by atoms with Crippen molar-refractivity contribution in [2.24, 2.45) is 0 Å². The fourth-order valence-corrected chi connectivity index (χ4v) is 3.18. The minimum absolute atomic E-state index is 0.152. The van der Waals surface area contributed by atoms with Gasteiger partial charge in [0.1, 0.15) is 0 Å². The lowest BCUT2D eigenvalue weighted by molar-refractivity contribution is -0.113. The predicted octanol–water partition coefficient (Wildman–Crippen LogP) is 4.11. The molecule has 0 bridgehead atoms. The van der Waals surface area contributed by atoms with Gasteiger partial charge >= 0.3 is 5.97 Å². The van der Waals surface area contributed by atoms with Gasteiger partial charge < -0.3 is 10.1 Å². The van der Waals surface area contributed by atoms with E-state index in [2.05, 4.69) is 21.2 Å². The second kappa shape index (κ2) is 8.74. The summed E-state index contributed by atoms with van der Waals surface area (Å²) >= 11 is 4.94. The molecule has 2 rings (SSSR count). The number of rotatable bonds is 6. The first kappa shape index (κ1) is 17.6. The molecule has 23 heavy (non-hydrogen) atoms. The van der Waals surface area contributed by atoms with Gasteiger partial charge in [0.05, 0.1) is 24.1 Å². The number of hydrogen-bond acceptors (Lipinski definition) is 4. The summed E-state index contributed by atoms with van der Waals surface area (Å²) in [6.07, 6.45) is 0. The van der Waals surface area contributed by atoms with E-state index in [0.717, 1.165) is 15.8 Å². The van der Waals surface area contributed by atoms with Crippen LogP contribution in [-0.4, -0.2) is 24.7 Å². The summed E-state index contributed by atoms with van der Waals surface area (Å²) in [6, 6.07) is 14.8. The number of carbonyl (C=O) groups excluding carboxylic acids is 2. The highest BCUT2D eigenvalue weighted by molar-refractivity contribution is 9.10. The van der Waals surface area contributed by atoms with E-state index in [0.29, 0.717) is 17.0 Å². The average molecular weight is 394 g/mol. The average Bonchev–Trinajstić information content (AvgIpc) is 2.55. The summed E-state index contributed by atoms with van der Waals surface area (Å²) in [4.78, 5) is 23.7. The van der Waals surface area contributed by atoms with Crippen LogP contribution in [-0.2, 0) is 15.3 Å². The van der Waals surface area contributed by atoms with E-state index in [1.54, 1.807) is 24.3 Å². The maximum absolute atomic E-state index is 12.0. The van der Waals surface area contributed by atoms with Crippen LogP contribution >= 0.6 is 27.7 Å². The second-order valence-corrected chi connectivity index (χ2v) is 6.61. The number of para-hydroxylation sites is 1. The largest absolute Gasteiger partial charge is 0.465 e. The van der Waals surface area contributed by atoms with Crippen LogP contribution in [0, 0.1) is 0 Å². The Morgan fingerprint density at radius 2 is 1.96 bits per heavy atom. The third-order valence-electron chi connectivity index (χ3n) is 3.00. The molecule has 0 heterocycles. The number of amides is 1. The van der Waals surface area contributed by atoms with E-state index in [4.69, 9.17) is 4.74 Å². The Labute approximate surface area is 147 Å². The summed E-state index contributed by atoms with van der Waals surface area (Å²) in [7, 11) is 1.31. The Hall–Kier alpha value is -1.79. The van der Waals surface area contributed by atoms with E-state index < -0.39 is 5.97 Å². The van der Waals surface area contributed by atoms with Crippen molar-refractivity contribution in [3.05, 3.63) is 64.1 Å². The summed E-state index contributed by atoms with van der Waals surface area (Å²) in [5.74, 6) is 0.428. The van der Waals surface area contributed by atoms with Gasteiger partial charge in [-0.1, -0.05) is 40.2 Å². The van der Waals surface area contributed by atoms with Gasteiger partial charge in [0.2, 0.25) is 5.91 Å². The quantitative estimate of drug-likeness (QED) is 0.750. The number of thioether (sulfide) groups is 1. The highest BCUT2D eigenvalue weighted by Crippen LogP contribution is 2.19. The molecule has 2 aromatic rings. The maximum atomic E-state index is 12.0. The third kappa shape index (κ3) is 5.41. The molecule has 2 aromatic carbocycles. The summed E-state index contributed by atoms with van der Waals surface area (Å²) < 4.78 is 5.73. The van der Waals surface area contributed by atoms with Gasteiger partial charge in [-0.25, -0.2) is 4.79 Å². The summed E-state index contributed by atoms with van der Waals surface area (Å²) in [5.41, 5.74) is 1.96. The smallest absolute Gasteiger partial charge is 0.339 e. The Morgan fingerprint density at radius 1 is 1.17 bits per heavy atom.